The van der Waals surface area contributed by atoms with Crippen LogP contribution < -0.4 is 10.2 Å². The molecule has 0 aliphatic heterocycles. The Morgan fingerprint density at radius 2 is 2.04 bits per heavy atom. The lowest BCUT2D eigenvalue weighted by atomic mass is 9.90. The molecule has 5 nitrogen and oxygen atoms in total. The molecule has 0 aromatic carbocycles. The monoisotopic (exact) mass is 356 g/mol. The van der Waals surface area contributed by atoms with Gasteiger partial charge in [0.05, 0.1) is 31.6 Å². The molecule has 2 aliphatic carbocycles. The smallest absolute Gasteiger partial charge is 0.138 e. The molecule has 0 bridgehead atoms. The second-order valence-electron chi connectivity index (χ2n) is 7.71. The highest BCUT2D eigenvalue weighted by Gasteiger charge is 2.31. The van der Waals surface area contributed by atoms with E-state index in [9.17, 15) is 0 Å². The van der Waals surface area contributed by atoms with Crippen LogP contribution in [0.15, 0.2) is 6.33 Å². The molecule has 1 unspecified atom stereocenters. The van der Waals surface area contributed by atoms with Crippen LogP contribution in [0.5, 0.6) is 0 Å². The largest absolute Gasteiger partial charge is 0.367 e. The molecule has 0 radical (unpaired) electrons. The molecular weight excluding hydrogens is 330 g/mol. The molecule has 2 heterocycles. The number of rotatable bonds is 4. The van der Waals surface area contributed by atoms with Gasteiger partial charge in [-0.3, -0.25) is 0 Å². The maximum Gasteiger partial charge on any atom is 0.138 e. The molecule has 0 amide bonds. The van der Waals surface area contributed by atoms with Gasteiger partial charge in [-0.05, 0) is 37.2 Å². The Balaban J connectivity index is 1.60. The number of anilines is 1. The van der Waals surface area contributed by atoms with Gasteiger partial charge in [-0.25, -0.2) is 9.97 Å². The fourth-order valence-electron chi connectivity index (χ4n) is 4.50. The highest BCUT2D eigenvalue weighted by Crippen LogP contribution is 2.46. The summed E-state index contributed by atoms with van der Waals surface area (Å²) in [7, 11) is 4.52. The minimum atomic E-state index is 0.355. The number of aryl methyl sites for hydroxylation is 1. The van der Waals surface area contributed by atoms with Crippen LogP contribution in [0.2, 0.25) is 0 Å². The van der Waals surface area contributed by atoms with Gasteiger partial charge in [-0.15, -0.1) is 11.3 Å². The molecule has 4 rings (SSSR count). The molecule has 1 fully saturated rings. The molecule has 2 aromatic heterocycles. The lowest BCUT2D eigenvalue weighted by molar-refractivity contribution is -0.887. The van der Waals surface area contributed by atoms with Crippen LogP contribution in [0.3, 0.4) is 0 Å². The summed E-state index contributed by atoms with van der Waals surface area (Å²) in [5.41, 5.74) is 1.36. The molecule has 0 spiro atoms. The van der Waals surface area contributed by atoms with Crippen molar-refractivity contribution in [1.82, 2.24) is 9.97 Å². The first kappa shape index (κ1) is 16.7. The number of nitrogens with zero attached hydrogens (tertiary/aromatic N) is 3. The van der Waals surface area contributed by atoms with Crippen molar-refractivity contribution in [2.75, 3.05) is 19.4 Å². The average Bonchev–Trinajstić information content (AvgIpc) is 3.16. The van der Waals surface area contributed by atoms with E-state index < -0.39 is 0 Å². The van der Waals surface area contributed by atoms with Gasteiger partial charge in [0, 0.05) is 30.2 Å². The number of hydrogen-bond acceptors (Lipinski definition) is 5. The molecule has 2 N–H and O–H groups in total. The number of fused-ring (bicyclic) bond motifs is 3. The van der Waals surface area contributed by atoms with E-state index in [1.807, 2.05) is 0 Å². The molecular formula is C19H26N5S+. The zero-order valence-electron chi connectivity index (χ0n) is 15.0. The average molecular weight is 357 g/mol. The Hall–Kier alpha value is -1.71. The first-order valence-electron chi connectivity index (χ1n) is 9.37. The van der Waals surface area contributed by atoms with Gasteiger partial charge >= 0.3 is 0 Å². The van der Waals surface area contributed by atoms with Gasteiger partial charge in [0.15, 0.2) is 0 Å². The summed E-state index contributed by atoms with van der Waals surface area (Å²) in [6, 6.07) is 3.65. The molecule has 2 aromatic rings. The number of aromatic nitrogens is 2. The second kappa shape index (κ2) is 6.89. The SMILES string of the molecule is C[NH+](C)C1CCC(Nc2ncnc3sc4c(c23)C(CC#N)CC4)CC1. The van der Waals surface area contributed by atoms with Crippen molar-refractivity contribution < 1.29 is 4.90 Å². The number of nitriles is 1. The second-order valence-corrected chi connectivity index (χ2v) is 8.79. The van der Waals surface area contributed by atoms with E-state index in [4.69, 9.17) is 5.26 Å². The summed E-state index contributed by atoms with van der Waals surface area (Å²) >= 11 is 1.79. The van der Waals surface area contributed by atoms with Crippen LogP contribution in [0, 0.1) is 11.3 Å². The van der Waals surface area contributed by atoms with E-state index in [-0.39, 0.29) is 0 Å². The van der Waals surface area contributed by atoms with Crippen LogP contribution in [-0.2, 0) is 6.42 Å². The highest BCUT2D eigenvalue weighted by atomic mass is 32.1. The lowest BCUT2D eigenvalue weighted by Crippen LogP contribution is -3.10. The first-order valence-corrected chi connectivity index (χ1v) is 10.2. The zero-order valence-corrected chi connectivity index (χ0v) is 15.8. The number of quaternary nitrogens is 1. The van der Waals surface area contributed by atoms with E-state index in [2.05, 4.69) is 35.4 Å². The Morgan fingerprint density at radius 1 is 1.24 bits per heavy atom. The van der Waals surface area contributed by atoms with E-state index in [0.717, 1.165) is 29.5 Å². The topological polar surface area (TPSA) is 66.0 Å². The van der Waals surface area contributed by atoms with Crippen molar-refractivity contribution in [2.24, 2.45) is 0 Å². The van der Waals surface area contributed by atoms with Crippen LogP contribution in [0.4, 0.5) is 5.82 Å². The van der Waals surface area contributed by atoms with E-state index >= 15 is 0 Å². The number of nitrogens with one attached hydrogen (secondary N) is 2. The number of thiophene rings is 1. The van der Waals surface area contributed by atoms with Crippen LogP contribution in [0.25, 0.3) is 10.2 Å². The number of hydrogen-bond donors (Lipinski definition) is 2. The molecule has 1 saturated carbocycles. The van der Waals surface area contributed by atoms with E-state index in [0.29, 0.717) is 18.4 Å². The predicted molar refractivity (Wildman–Crippen MR) is 101 cm³/mol. The Bertz CT molecular complexity index is 798. The Kier molecular flexibility index (Phi) is 4.61. The predicted octanol–water partition coefficient (Wildman–Crippen LogP) is 2.50. The summed E-state index contributed by atoms with van der Waals surface area (Å²) in [6.45, 7) is 0. The van der Waals surface area contributed by atoms with Gasteiger partial charge in [0.1, 0.15) is 17.0 Å². The highest BCUT2D eigenvalue weighted by molar-refractivity contribution is 7.19. The molecule has 132 valence electrons. The van der Waals surface area contributed by atoms with Gasteiger partial charge in [-0.1, -0.05) is 0 Å². The maximum absolute atomic E-state index is 9.17. The summed E-state index contributed by atoms with van der Waals surface area (Å²) in [5.74, 6) is 1.35. The van der Waals surface area contributed by atoms with Crippen LogP contribution in [-0.4, -0.2) is 36.1 Å². The first-order chi connectivity index (χ1) is 12.2. The van der Waals surface area contributed by atoms with E-state index in [1.54, 1.807) is 22.6 Å². The van der Waals surface area contributed by atoms with Gasteiger partial charge in [-0.2, -0.15) is 5.26 Å². The fourth-order valence-corrected chi connectivity index (χ4v) is 5.74. The molecule has 2 aliphatic rings. The minimum Gasteiger partial charge on any atom is -0.367 e. The lowest BCUT2D eigenvalue weighted by Gasteiger charge is -2.31. The van der Waals surface area contributed by atoms with Gasteiger partial charge in [0.25, 0.3) is 0 Å². The van der Waals surface area contributed by atoms with Gasteiger partial charge < -0.3 is 10.2 Å². The fraction of sp³-hybridized carbons (Fsp3) is 0.632. The van der Waals surface area contributed by atoms with Crippen molar-refractivity contribution in [2.45, 2.75) is 62.9 Å². The van der Waals surface area contributed by atoms with Crippen molar-refractivity contribution >= 4 is 27.4 Å². The van der Waals surface area contributed by atoms with E-state index in [1.165, 1.54) is 41.5 Å². The molecule has 0 saturated heterocycles. The summed E-state index contributed by atoms with van der Waals surface area (Å²) < 4.78 is 0. The third-order valence-electron chi connectivity index (χ3n) is 5.95. The molecule has 25 heavy (non-hydrogen) atoms. The summed E-state index contributed by atoms with van der Waals surface area (Å²) in [5, 5.41) is 14.1. The van der Waals surface area contributed by atoms with Crippen molar-refractivity contribution in [1.29, 1.82) is 5.26 Å². The van der Waals surface area contributed by atoms with Crippen LogP contribution in [0.1, 0.15) is 54.9 Å². The Morgan fingerprint density at radius 3 is 2.76 bits per heavy atom. The zero-order chi connectivity index (χ0) is 17.4. The Labute approximate surface area is 153 Å². The van der Waals surface area contributed by atoms with Crippen molar-refractivity contribution in [3.05, 3.63) is 16.8 Å². The quantitative estimate of drug-likeness (QED) is 0.883. The normalized spacial score (nSPS) is 25.9. The summed E-state index contributed by atoms with van der Waals surface area (Å²) in [6.07, 6.45) is 9.41. The third-order valence-corrected chi connectivity index (χ3v) is 7.13. The molecule has 6 heteroatoms. The van der Waals surface area contributed by atoms with Crippen molar-refractivity contribution in [3.8, 4) is 6.07 Å². The third kappa shape index (κ3) is 3.11. The molecule has 1 atom stereocenters. The maximum atomic E-state index is 9.17. The van der Waals surface area contributed by atoms with Gasteiger partial charge in [0.2, 0.25) is 0 Å². The minimum absolute atomic E-state index is 0.355. The summed E-state index contributed by atoms with van der Waals surface area (Å²) in [4.78, 5) is 13.2. The standard InChI is InChI=1S/C19H25N5S/c1-24(2)14-6-4-13(5-7-14)23-18-17-16-12(9-10-20)3-8-15(16)25-19(17)22-11-21-18/h11-14H,3-9H2,1-2H3,(H,21,22,23)/p+1. The van der Waals surface area contributed by atoms with Crippen molar-refractivity contribution in [3.63, 3.8) is 0 Å². The van der Waals surface area contributed by atoms with Crippen LogP contribution >= 0.6 is 11.3 Å².